The predicted octanol–water partition coefficient (Wildman–Crippen LogP) is 2.75. The SMILES string of the molecule is CNCc1nnc(NCCc2ccc(Cl)cc2Cl)o1. The van der Waals surface area contributed by atoms with Crippen molar-refractivity contribution in [1.29, 1.82) is 0 Å². The maximum Gasteiger partial charge on any atom is 0.315 e. The lowest BCUT2D eigenvalue weighted by Gasteiger charge is -2.04. The summed E-state index contributed by atoms with van der Waals surface area (Å²) in [5, 5.41) is 15.0. The van der Waals surface area contributed by atoms with Crippen LogP contribution >= 0.6 is 23.2 Å². The van der Waals surface area contributed by atoms with Gasteiger partial charge in [0.05, 0.1) is 6.54 Å². The lowest BCUT2D eigenvalue weighted by Crippen LogP contribution is -2.05. The van der Waals surface area contributed by atoms with Crippen molar-refractivity contribution in [3.8, 4) is 0 Å². The van der Waals surface area contributed by atoms with Crippen molar-refractivity contribution in [2.75, 3.05) is 18.9 Å². The van der Waals surface area contributed by atoms with E-state index in [1.165, 1.54) is 0 Å². The Kier molecular flexibility index (Phi) is 5.01. The predicted molar refractivity (Wildman–Crippen MR) is 75.7 cm³/mol. The quantitative estimate of drug-likeness (QED) is 0.859. The molecule has 0 spiro atoms. The van der Waals surface area contributed by atoms with Crippen LogP contribution < -0.4 is 10.6 Å². The van der Waals surface area contributed by atoms with Gasteiger partial charge in [0.25, 0.3) is 0 Å². The van der Waals surface area contributed by atoms with Crippen LogP contribution in [0.15, 0.2) is 22.6 Å². The van der Waals surface area contributed by atoms with Crippen molar-refractivity contribution in [3.05, 3.63) is 39.7 Å². The van der Waals surface area contributed by atoms with Crippen LogP contribution in [0.2, 0.25) is 10.0 Å². The van der Waals surface area contributed by atoms with Crippen LogP contribution in [0.3, 0.4) is 0 Å². The molecule has 0 atom stereocenters. The smallest absolute Gasteiger partial charge is 0.315 e. The number of anilines is 1. The zero-order valence-electron chi connectivity index (χ0n) is 10.4. The Morgan fingerprint density at radius 3 is 2.84 bits per heavy atom. The van der Waals surface area contributed by atoms with Gasteiger partial charge in [-0.3, -0.25) is 0 Å². The van der Waals surface area contributed by atoms with Gasteiger partial charge in [-0.25, -0.2) is 0 Å². The summed E-state index contributed by atoms with van der Waals surface area (Å²) in [7, 11) is 1.82. The molecule has 2 rings (SSSR count). The van der Waals surface area contributed by atoms with Crippen LogP contribution in [0.5, 0.6) is 0 Å². The fourth-order valence-electron chi connectivity index (χ4n) is 1.58. The van der Waals surface area contributed by atoms with Gasteiger partial charge in [0, 0.05) is 16.6 Å². The van der Waals surface area contributed by atoms with Crippen molar-refractivity contribution in [2.24, 2.45) is 0 Å². The third-order valence-corrected chi connectivity index (χ3v) is 3.07. The van der Waals surface area contributed by atoms with Gasteiger partial charge in [-0.05, 0) is 31.2 Å². The zero-order chi connectivity index (χ0) is 13.7. The lowest BCUT2D eigenvalue weighted by molar-refractivity contribution is 0.489. The first-order valence-corrected chi connectivity index (χ1v) is 6.59. The van der Waals surface area contributed by atoms with E-state index in [9.17, 15) is 0 Å². The molecule has 0 aliphatic rings. The Morgan fingerprint density at radius 2 is 2.11 bits per heavy atom. The molecule has 0 aliphatic heterocycles. The van der Waals surface area contributed by atoms with E-state index >= 15 is 0 Å². The second kappa shape index (κ2) is 6.75. The standard InChI is InChI=1S/C12H14Cl2N4O/c1-15-7-11-17-18-12(19-11)16-5-4-8-2-3-9(13)6-10(8)14/h2-3,6,15H,4-5,7H2,1H3,(H,16,18). The van der Waals surface area contributed by atoms with Crippen LogP contribution in [0, 0.1) is 0 Å². The molecule has 0 aliphatic carbocycles. The Balaban J connectivity index is 1.85. The normalized spacial score (nSPS) is 10.7. The molecule has 0 bridgehead atoms. The molecule has 7 heteroatoms. The molecule has 2 N–H and O–H groups in total. The molecule has 0 amide bonds. The topological polar surface area (TPSA) is 63.0 Å². The summed E-state index contributed by atoms with van der Waals surface area (Å²) >= 11 is 11.9. The Labute approximate surface area is 121 Å². The monoisotopic (exact) mass is 300 g/mol. The minimum absolute atomic E-state index is 0.412. The highest BCUT2D eigenvalue weighted by molar-refractivity contribution is 6.35. The van der Waals surface area contributed by atoms with Crippen LogP contribution in [-0.2, 0) is 13.0 Å². The van der Waals surface area contributed by atoms with Crippen molar-refractivity contribution in [3.63, 3.8) is 0 Å². The minimum Gasteiger partial charge on any atom is -0.407 e. The van der Waals surface area contributed by atoms with E-state index in [2.05, 4.69) is 20.8 Å². The van der Waals surface area contributed by atoms with Crippen LogP contribution in [0.1, 0.15) is 11.5 Å². The van der Waals surface area contributed by atoms with Gasteiger partial charge in [0.1, 0.15) is 0 Å². The average Bonchev–Trinajstić information content (AvgIpc) is 2.80. The number of hydrogen-bond acceptors (Lipinski definition) is 5. The molecule has 0 saturated carbocycles. The van der Waals surface area contributed by atoms with Crippen LogP contribution in [-0.4, -0.2) is 23.8 Å². The third kappa shape index (κ3) is 4.09. The maximum absolute atomic E-state index is 6.08. The highest BCUT2D eigenvalue weighted by atomic mass is 35.5. The van der Waals surface area contributed by atoms with E-state index in [-0.39, 0.29) is 0 Å². The third-order valence-electron chi connectivity index (χ3n) is 2.48. The molecule has 2 aromatic rings. The maximum atomic E-state index is 6.08. The number of halogens is 2. The number of nitrogens with one attached hydrogen (secondary N) is 2. The summed E-state index contributed by atoms with van der Waals surface area (Å²) < 4.78 is 5.36. The molecule has 0 radical (unpaired) electrons. The van der Waals surface area contributed by atoms with Gasteiger partial charge < -0.3 is 15.1 Å². The number of aromatic nitrogens is 2. The summed E-state index contributed by atoms with van der Waals surface area (Å²) in [5.74, 6) is 0.550. The Morgan fingerprint density at radius 1 is 1.26 bits per heavy atom. The Bertz CT molecular complexity index is 544. The molecule has 1 aromatic heterocycles. The molecule has 0 fully saturated rings. The van der Waals surface area contributed by atoms with Gasteiger partial charge in [-0.15, -0.1) is 5.10 Å². The van der Waals surface area contributed by atoms with Crippen LogP contribution in [0.25, 0.3) is 0 Å². The largest absolute Gasteiger partial charge is 0.407 e. The highest BCUT2D eigenvalue weighted by Gasteiger charge is 2.05. The molecule has 0 unspecified atom stereocenters. The summed E-state index contributed by atoms with van der Waals surface area (Å²) in [4.78, 5) is 0. The summed E-state index contributed by atoms with van der Waals surface area (Å²) in [6.45, 7) is 1.21. The van der Waals surface area contributed by atoms with Crippen molar-refractivity contribution >= 4 is 29.2 Å². The number of nitrogens with zero attached hydrogens (tertiary/aromatic N) is 2. The van der Waals surface area contributed by atoms with Crippen LogP contribution in [0.4, 0.5) is 6.01 Å². The number of rotatable bonds is 6. The molecule has 1 aromatic carbocycles. The van der Waals surface area contributed by atoms with E-state index in [1.54, 1.807) is 6.07 Å². The first-order chi connectivity index (χ1) is 9.19. The van der Waals surface area contributed by atoms with Crippen molar-refractivity contribution in [1.82, 2.24) is 15.5 Å². The lowest BCUT2D eigenvalue weighted by atomic mass is 10.1. The van der Waals surface area contributed by atoms with E-state index in [0.717, 1.165) is 12.0 Å². The molecule has 1 heterocycles. The average molecular weight is 301 g/mol. The Hall–Kier alpha value is -1.30. The van der Waals surface area contributed by atoms with E-state index in [1.807, 2.05) is 19.2 Å². The van der Waals surface area contributed by atoms with Gasteiger partial charge in [-0.1, -0.05) is 34.4 Å². The van der Waals surface area contributed by atoms with Gasteiger partial charge in [0.2, 0.25) is 5.89 Å². The fraction of sp³-hybridized carbons (Fsp3) is 0.333. The summed E-state index contributed by atoms with van der Waals surface area (Å²) in [6, 6.07) is 5.87. The van der Waals surface area contributed by atoms with Gasteiger partial charge in [0.15, 0.2) is 0 Å². The second-order valence-corrected chi connectivity index (χ2v) is 4.79. The molecule has 102 valence electrons. The zero-order valence-corrected chi connectivity index (χ0v) is 11.9. The van der Waals surface area contributed by atoms with E-state index in [4.69, 9.17) is 27.6 Å². The van der Waals surface area contributed by atoms with Gasteiger partial charge >= 0.3 is 6.01 Å². The molecule has 5 nitrogen and oxygen atoms in total. The fourth-order valence-corrected chi connectivity index (χ4v) is 2.08. The first-order valence-electron chi connectivity index (χ1n) is 5.84. The van der Waals surface area contributed by atoms with E-state index in [0.29, 0.717) is 35.0 Å². The molecular formula is C12H14Cl2N4O. The first kappa shape index (κ1) is 14.1. The summed E-state index contributed by atoms with van der Waals surface area (Å²) in [5.41, 5.74) is 1.02. The molecule has 19 heavy (non-hydrogen) atoms. The summed E-state index contributed by atoms with van der Waals surface area (Å²) in [6.07, 6.45) is 0.750. The number of benzene rings is 1. The van der Waals surface area contributed by atoms with Gasteiger partial charge in [-0.2, -0.15) is 0 Å². The van der Waals surface area contributed by atoms with Crippen molar-refractivity contribution in [2.45, 2.75) is 13.0 Å². The molecule has 0 saturated heterocycles. The highest BCUT2D eigenvalue weighted by Crippen LogP contribution is 2.21. The second-order valence-electron chi connectivity index (χ2n) is 3.94. The van der Waals surface area contributed by atoms with E-state index < -0.39 is 0 Å². The molecular weight excluding hydrogens is 287 g/mol. The van der Waals surface area contributed by atoms with Crippen molar-refractivity contribution < 1.29 is 4.42 Å². The minimum atomic E-state index is 0.412. The number of hydrogen-bond donors (Lipinski definition) is 2.